The van der Waals surface area contributed by atoms with E-state index in [1.165, 1.54) is 24.3 Å². The lowest BCUT2D eigenvalue weighted by atomic mass is 10.2. The number of carbonyl (C=O) groups excluding carboxylic acids is 2. The van der Waals surface area contributed by atoms with Crippen molar-refractivity contribution in [2.75, 3.05) is 17.7 Å². The predicted octanol–water partition coefficient (Wildman–Crippen LogP) is 2.20. The molecule has 30 heavy (non-hydrogen) atoms. The van der Waals surface area contributed by atoms with Gasteiger partial charge in [0.15, 0.2) is 5.69 Å². The van der Waals surface area contributed by atoms with Crippen LogP contribution in [0.5, 0.6) is 5.88 Å². The number of rotatable bonds is 6. The van der Waals surface area contributed by atoms with Crippen molar-refractivity contribution in [2.45, 2.75) is 18.8 Å². The van der Waals surface area contributed by atoms with Crippen molar-refractivity contribution >= 4 is 29.1 Å². The first kappa shape index (κ1) is 19.3. The predicted molar refractivity (Wildman–Crippen MR) is 108 cm³/mol. The molecule has 1 fully saturated rings. The molecule has 3 aromatic rings. The Kier molecular flexibility index (Phi) is 5.24. The van der Waals surface area contributed by atoms with Crippen LogP contribution >= 0.6 is 0 Å². The number of nitrogens with one attached hydrogen (secondary N) is 3. The molecule has 0 radical (unpaired) electrons. The summed E-state index contributed by atoms with van der Waals surface area (Å²) in [6.45, 7) is 0. The van der Waals surface area contributed by atoms with Gasteiger partial charge in [-0.2, -0.15) is 5.10 Å². The Labute approximate surface area is 171 Å². The van der Waals surface area contributed by atoms with Crippen molar-refractivity contribution in [3.63, 3.8) is 0 Å². The zero-order valence-electron chi connectivity index (χ0n) is 16.4. The van der Waals surface area contributed by atoms with Gasteiger partial charge in [0.05, 0.1) is 23.8 Å². The highest BCUT2D eigenvalue weighted by molar-refractivity contribution is 6.01. The second kappa shape index (κ2) is 8.15. The summed E-state index contributed by atoms with van der Waals surface area (Å²) in [7, 11) is 3.13. The molecule has 0 saturated heterocycles. The first-order valence-electron chi connectivity index (χ1n) is 9.31. The monoisotopic (exact) mass is 408 g/mol. The number of aryl methyl sites for hydroxylation is 1. The molecule has 0 bridgehead atoms. The van der Waals surface area contributed by atoms with E-state index < -0.39 is 12.0 Å². The Hall–Kier alpha value is -4.02. The quantitative estimate of drug-likeness (QED) is 0.565. The summed E-state index contributed by atoms with van der Waals surface area (Å²) in [6.07, 6.45) is 7.45. The third-order valence-electron chi connectivity index (χ3n) is 4.41. The van der Waals surface area contributed by atoms with Gasteiger partial charge in [0.1, 0.15) is 12.0 Å². The molecular weight excluding hydrogens is 388 g/mol. The van der Waals surface area contributed by atoms with E-state index in [1.807, 2.05) is 6.07 Å². The van der Waals surface area contributed by atoms with Crippen LogP contribution < -0.4 is 20.7 Å². The molecule has 154 valence electrons. The zero-order valence-corrected chi connectivity index (χ0v) is 16.4. The molecule has 0 aliphatic heterocycles. The van der Waals surface area contributed by atoms with E-state index in [0.29, 0.717) is 17.3 Å². The summed E-state index contributed by atoms with van der Waals surface area (Å²) in [6, 6.07) is 3.70. The van der Waals surface area contributed by atoms with Gasteiger partial charge in [0.2, 0.25) is 5.88 Å². The van der Waals surface area contributed by atoms with Crippen LogP contribution in [0.1, 0.15) is 34.9 Å². The van der Waals surface area contributed by atoms with Crippen LogP contribution in [0.3, 0.4) is 0 Å². The van der Waals surface area contributed by atoms with E-state index in [4.69, 9.17) is 4.74 Å². The first-order chi connectivity index (χ1) is 14.5. The van der Waals surface area contributed by atoms with Crippen LogP contribution in [0.15, 0.2) is 37.1 Å². The zero-order chi connectivity index (χ0) is 21.1. The SMILES string of the molecule is CNC(=O)c1nn(C)cc1NC(=O)Oc1nc(C2CC2)ccc1Nc1cncnc1. The third kappa shape index (κ3) is 4.35. The van der Waals surface area contributed by atoms with Gasteiger partial charge >= 0.3 is 6.09 Å². The minimum Gasteiger partial charge on any atom is -0.389 e. The van der Waals surface area contributed by atoms with Gasteiger partial charge in [-0.1, -0.05) is 0 Å². The minimum absolute atomic E-state index is 0.0800. The molecule has 1 aliphatic carbocycles. The number of aromatic nitrogens is 5. The number of ether oxygens (including phenoxy) is 1. The number of amides is 2. The number of hydrogen-bond donors (Lipinski definition) is 3. The molecule has 11 heteroatoms. The first-order valence-corrected chi connectivity index (χ1v) is 9.31. The number of carbonyl (C=O) groups is 2. The lowest BCUT2D eigenvalue weighted by Gasteiger charge is -2.13. The van der Waals surface area contributed by atoms with Crippen molar-refractivity contribution in [1.29, 1.82) is 0 Å². The van der Waals surface area contributed by atoms with E-state index >= 15 is 0 Å². The van der Waals surface area contributed by atoms with Crippen molar-refractivity contribution in [3.8, 4) is 5.88 Å². The fraction of sp³-hybridized carbons (Fsp3) is 0.263. The summed E-state index contributed by atoms with van der Waals surface area (Å²) in [4.78, 5) is 36.9. The standard InChI is InChI=1S/C19H20N8O3/c1-20-17(28)16-15(9-27(2)26-16)25-19(29)30-18-14(23-12-7-21-10-22-8-12)6-5-13(24-18)11-3-4-11/h5-11,23H,3-4H2,1-2H3,(H,20,28)(H,25,29). The lowest BCUT2D eigenvalue weighted by molar-refractivity contribution is 0.0958. The highest BCUT2D eigenvalue weighted by Crippen LogP contribution is 2.41. The Morgan fingerprint density at radius 1 is 1.17 bits per heavy atom. The van der Waals surface area contributed by atoms with E-state index in [2.05, 4.69) is 36.0 Å². The van der Waals surface area contributed by atoms with Gasteiger partial charge < -0.3 is 15.4 Å². The van der Waals surface area contributed by atoms with Crippen LogP contribution in [-0.2, 0) is 7.05 Å². The molecule has 3 heterocycles. The normalized spacial score (nSPS) is 12.9. The molecule has 0 aromatic carbocycles. The second-order valence-corrected chi connectivity index (χ2v) is 6.77. The molecule has 0 atom stereocenters. The van der Waals surface area contributed by atoms with Gasteiger partial charge in [-0.05, 0) is 25.0 Å². The highest BCUT2D eigenvalue weighted by atomic mass is 16.6. The molecular formula is C19H20N8O3. The lowest BCUT2D eigenvalue weighted by Crippen LogP contribution is -2.23. The number of pyridine rings is 1. The van der Waals surface area contributed by atoms with E-state index in [0.717, 1.165) is 18.5 Å². The molecule has 1 aliphatic rings. The smallest absolute Gasteiger partial charge is 0.389 e. The van der Waals surface area contributed by atoms with E-state index in [-0.39, 0.29) is 17.3 Å². The van der Waals surface area contributed by atoms with E-state index in [9.17, 15) is 9.59 Å². The maximum absolute atomic E-state index is 12.6. The van der Waals surface area contributed by atoms with Crippen molar-refractivity contribution in [2.24, 2.45) is 7.05 Å². The molecule has 11 nitrogen and oxygen atoms in total. The molecule has 0 unspecified atom stereocenters. The fourth-order valence-electron chi connectivity index (χ4n) is 2.84. The maximum atomic E-state index is 12.6. The van der Waals surface area contributed by atoms with Crippen LogP contribution in [0.2, 0.25) is 0 Å². The minimum atomic E-state index is -0.791. The highest BCUT2D eigenvalue weighted by Gasteiger charge is 2.27. The Balaban J connectivity index is 1.56. The van der Waals surface area contributed by atoms with Gasteiger partial charge in [-0.3, -0.25) is 14.8 Å². The van der Waals surface area contributed by atoms with Gasteiger partial charge in [-0.25, -0.2) is 19.7 Å². The third-order valence-corrected chi connectivity index (χ3v) is 4.41. The van der Waals surface area contributed by atoms with Crippen molar-refractivity contribution in [3.05, 3.63) is 48.4 Å². The number of hydrogen-bond acceptors (Lipinski definition) is 8. The van der Waals surface area contributed by atoms with Crippen LogP contribution in [-0.4, -0.2) is 43.8 Å². The van der Waals surface area contributed by atoms with Gasteiger partial charge in [0.25, 0.3) is 5.91 Å². The Morgan fingerprint density at radius 2 is 1.93 bits per heavy atom. The fourth-order valence-corrected chi connectivity index (χ4v) is 2.84. The van der Waals surface area contributed by atoms with Gasteiger partial charge in [-0.15, -0.1) is 0 Å². The molecule has 3 aromatic heterocycles. The summed E-state index contributed by atoms with van der Waals surface area (Å²) >= 11 is 0. The Bertz CT molecular complexity index is 1080. The average Bonchev–Trinajstić information content (AvgIpc) is 3.52. The molecule has 4 rings (SSSR count). The van der Waals surface area contributed by atoms with Crippen molar-refractivity contribution < 1.29 is 14.3 Å². The average molecular weight is 408 g/mol. The topological polar surface area (TPSA) is 136 Å². The second-order valence-electron chi connectivity index (χ2n) is 6.77. The van der Waals surface area contributed by atoms with Crippen molar-refractivity contribution in [1.82, 2.24) is 30.0 Å². The molecule has 0 spiro atoms. The summed E-state index contributed by atoms with van der Waals surface area (Å²) in [5.41, 5.74) is 2.28. The number of anilines is 3. The molecule has 2 amide bonds. The van der Waals surface area contributed by atoms with E-state index in [1.54, 1.807) is 25.5 Å². The van der Waals surface area contributed by atoms with Crippen LogP contribution in [0, 0.1) is 0 Å². The van der Waals surface area contributed by atoms with Gasteiger partial charge in [0, 0.05) is 31.9 Å². The maximum Gasteiger partial charge on any atom is 0.418 e. The summed E-state index contributed by atoms with van der Waals surface area (Å²) in [5, 5.41) is 12.2. The molecule has 3 N–H and O–H groups in total. The van der Waals surface area contributed by atoms with Crippen LogP contribution in [0.25, 0.3) is 0 Å². The van der Waals surface area contributed by atoms with Crippen LogP contribution in [0.4, 0.5) is 21.9 Å². The number of nitrogens with zero attached hydrogens (tertiary/aromatic N) is 5. The summed E-state index contributed by atoms with van der Waals surface area (Å²) < 4.78 is 6.91. The Morgan fingerprint density at radius 3 is 2.63 bits per heavy atom. The summed E-state index contributed by atoms with van der Waals surface area (Å²) in [5.74, 6) is 0.0695. The molecule has 1 saturated carbocycles. The largest absolute Gasteiger partial charge is 0.418 e.